The molecule has 0 radical (unpaired) electrons. The van der Waals surface area contributed by atoms with E-state index in [9.17, 15) is 0 Å². The lowest BCUT2D eigenvalue weighted by Gasteiger charge is -2.05. The van der Waals surface area contributed by atoms with Gasteiger partial charge in [0, 0.05) is 51.6 Å². The van der Waals surface area contributed by atoms with Crippen LogP contribution in [0.25, 0.3) is 55.2 Å². The first-order chi connectivity index (χ1) is 16.7. The standard InChI is InChI=1S/C26H23N7S/c1-3-27-11-16-9-17(13-28-12-16)18-10-20-24(32-33-25(20)29-14-18)26-30-21-6-4-5-19(23(21)31-26)22-8-7-15(2)34-22/h4-10,12-14,27H,3,11H2,1-2H3,(H,30,31)(H,29,32,33). The van der Waals surface area contributed by atoms with Crippen LogP contribution in [0, 0.1) is 6.92 Å². The summed E-state index contributed by atoms with van der Waals surface area (Å²) in [5, 5.41) is 11.8. The number of pyridine rings is 2. The van der Waals surface area contributed by atoms with Crippen LogP contribution in [0.3, 0.4) is 0 Å². The first-order valence-corrected chi connectivity index (χ1v) is 12.1. The first kappa shape index (κ1) is 20.7. The molecule has 34 heavy (non-hydrogen) atoms. The third kappa shape index (κ3) is 3.67. The van der Waals surface area contributed by atoms with Gasteiger partial charge in [-0.05, 0) is 49.4 Å². The van der Waals surface area contributed by atoms with Gasteiger partial charge in [0.2, 0.25) is 0 Å². The fraction of sp³-hybridized carbons (Fsp3) is 0.154. The number of hydrogen-bond donors (Lipinski definition) is 3. The molecule has 6 rings (SSSR count). The average molecular weight is 466 g/mol. The van der Waals surface area contributed by atoms with E-state index in [1.54, 1.807) is 11.3 Å². The number of aromatic amines is 2. The molecule has 0 aliphatic heterocycles. The lowest BCUT2D eigenvalue weighted by Crippen LogP contribution is -2.11. The maximum atomic E-state index is 4.97. The maximum Gasteiger partial charge on any atom is 0.181 e. The molecule has 0 amide bonds. The van der Waals surface area contributed by atoms with Gasteiger partial charge in [-0.1, -0.05) is 19.1 Å². The van der Waals surface area contributed by atoms with Gasteiger partial charge in [0.15, 0.2) is 11.5 Å². The second-order valence-electron chi connectivity index (χ2n) is 8.25. The summed E-state index contributed by atoms with van der Waals surface area (Å²) >= 11 is 1.78. The van der Waals surface area contributed by atoms with Gasteiger partial charge in [0.05, 0.1) is 16.4 Å². The number of benzene rings is 1. The number of rotatable bonds is 6. The molecule has 0 saturated carbocycles. The molecule has 7 nitrogen and oxygen atoms in total. The summed E-state index contributed by atoms with van der Waals surface area (Å²) < 4.78 is 0. The van der Waals surface area contributed by atoms with Gasteiger partial charge in [-0.25, -0.2) is 9.97 Å². The van der Waals surface area contributed by atoms with E-state index >= 15 is 0 Å². The number of para-hydroxylation sites is 1. The average Bonchev–Trinajstić information content (AvgIpc) is 3.59. The topological polar surface area (TPSA) is 95.2 Å². The Morgan fingerprint density at radius 2 is 1.94 bits per heavy atom. The summed E-state index contributed by atoms with van der Waals surface area (Å²) in [6, 6.07) is 14.8. The van der Waals surface area contributed by atoms with Crippen LogP contribution in [-0.4, -0.2) is 36.7 Å². The number of aryl methyl sites for hydroxylation is 1. The number of nitrogens with zero attached hydrogens (tertiary/aromatic N) is 4. The molecule has 3 N–H and O–H groups in total. The number of hydrogen-bond acceptors (Lipinski definition) is 6. The molecular weight excluding hydrogens is 442 g/mol. The van der Waals surface area contributed by atoms with Crippen LogP contribution in [-0.2, 0) is 6.54 Å². The van der Waals surface area contributed by atoms with Crippen molar-refractivity contribution in [1.82, 2.24) is 35.5 Å². The minimum atomic E-state index is 0.657. The van der Waals surface area contributed by atoms with Crippen molar-refractivity contribution < 1.29 is 0 Å². The third-order valence-electron chi connectivity index (χ3n) is 5.87. The summed E-state index contributed by atoms with van der Waals surface area (Å²) in [7, 11) is 0. The molecule has 5 heterocycles. The number of imidazole rings is 1. The van der Waals surface area contributed by atoms with Crippen molar-refractivity contribution in [3.63, 3.8) is 0 Å². The van der Waals surface area contributed by atoms with Gasteiger partial charge < -0.3 is 10.3 Å². The van der Waals surface area contributed by atoms with Crippen molar-refractivity contribution in [3.05, 3.63) is 71.5 Å². The summed E-state index contributed by atoms with van der Waals surface area (Å²) in [5.41, 5.74) is 7.71. The zero-order valence-electron chi connectivity index (χ0n) is 18.9. The fourth-order valence-electron chi connectivity index (χ4n) is 4.18. The van der Waals surface area contributed by atoms with Gasteiger partial charge in [-0.2, -0.15) is 5.10 Å². The summed E-state index contributed by atoms with van der Waals surface area (Å²) in [6.45, 7) is 5.92. The van der Waals surface area contributed by atoms with E-state index < -0.39 is 0 Å². The largest absolute Gasteiger partial charge is 0.337 e. The Morgan fingerprint density at radius 1 is 1.03 bits per heavy atom. The SMILES string of the molecule is CCNCc1cncc(-c2cnc3n[nH]c(-c4nc5c(-c6ccc(C)s6)cccc5[nH]4)c3c2)c1. The quantitative estimate of drug-likeness (QED) is 0.293. The summed E-state index contributed by atoms with van der Waals surface area (Å²) in [6.07, 6.45) is 5.61. The Balaban J connectivity index is 1.44. The molecule has 0 spiro atoms. The minimum Gasteiger partial charge on any atom is -0.337 e. The van der Waals surface area contributed by atoms with Crippen LogP contribution in [0.1, 0.15) is 17.4 Å². The van der Waals surface area contributed by atoms with Crippen LogP contribution in [0.15, 0.2) is 61.1 Å². The summed E-state index contributed by atoms with van der Waals surface area (Å²) in [5.74, 6) is 0.746. The molecule has 1 aromatic carbocycles. The van der Waals surface area contributed by atoms with Gasteiger partial charge >= 0.3 is 0 Å². The Morgan fingerprint density at radius 3 is 2.79 bits per heavy atom. The molecule has 0 saturated heterocycles. The van der Waals surface area contributed by atoms with Gasteiger partial charge in [0.1, 0.15) is 5.69 Å². The van der Waals surface area contributed by atoms with E-state index in [1.165, 1.54) is 9.75 Å². The predicted molar refractivity (Wildman–Crippen MR) is 138 cm³/mol. The van der Waals surface area contributed by atoms with Gasteiger partial charge in [-0.15, -0.1) is 11.3 Å². The van der Waals surface area contributed by atoms with E-state index in [1.807, 2.05) is 18.6 Å². The zero-order chi connectivity index (χ0) is 23.1. The number of aromatic nitrogens is 6. The van der Waals surface area contributed by atoms with Crippen LogP contribution in [0.2, 0.25) is 0 Å². The molecule has 168 valence electrons. The Hall–Kier alpha value is -3.88. The van der Waals surface area contributed by atoms with E-state index in [2.05, 4.69) is 86.8 Å². The number of nitrogens with one attached hydrogen (secondary N) is 3. The van der Waals surface area contributed by atoms with Crippen LogP contribution >= 0.6 is 11.3 Å². The summed E-state index contributed by atoms with van der Waals surface area (Å²) in [4.78, 5) is 20.0. The molecule has 0 fully saturated rings. The highest BCUT2D eigenvalue weighted by Crippen LogP contribution is 2.35. The molecule has 0 aliphatic carbocycles. The predicted octanol–water partition coefficient (Wildman–Crippen LogP) is 5.71. The second kappa shape index (κ2) is 8.48. The Labute approximate surface area is 200 Å². The second-order valence-corrected chi connectivity index (χ2v) is 9.54. The molecule has 0 bridgehead atoms. The van der Waals surface area contributed by atoms with Crippen molar-refractivity contribution >= 4 is 33.4 Å². The van der Waals surface area contributed by atoms with Crippen LogP contribution in [0.5, 0.6) is 0 Å². The van der Waals surface area contributed by atoms with E-state index in [4.69, 9.17) is 4.98 Å². The van der Waals surface area contributed by atoms with Gasteiger partial charge in [-0.3, -0.25) is 10.1 Å². The third-order valence-corrected chi connectivity index (χ3v) is 6.91. The lowest BCUT2D eigenvalue weighted by molar-refractivity contribution is 0.724. The van der Waals surface area contributed by atoms with Crippen LogP contribution in [0.4, 0.5) is 0 Å². The van der Waals surface area contributed by atoms with Crippen molar-refractivity contribution in [2.45, 2.75) is 20.4 Å². The van der Waals surface area contributed by atoms with E-state index in [0.717, 1.165) is 63.3 Å². The smallest absolute Gasteiger partial charge is 0.181 e. The fourth-order valence-corrected chi connectivity index (χ4v) is 5.07. The monoisotopic (exact) mass is 465 g/mol. The first-order valence-electron chi connectivity index (χ1n) is 11.2. The van der Waals surface area contributed by atoms with Crippen molar-refractivity contribution in [1.29, 1.82) is 0 Å². The molecule has 0 atom stereocenters. The molecule has 8 heteroatoms. The molecule has 6 aromatic rings. The van der Waals surface area contributed by atoms with E-state index in [0.29, 0.717) is 5.65 Å². The van der Waals surface area contributed by atoms with Gasteiger partial charge in [0.25, 0.3) is 0 Å². The number of H-pyrrole nitrogens is 2. The highest BCUT2D eigenvalue weighted by atomic mass is 32.1. The molecular formula is C26H23N7S. The highest BCUT2D eigenvalue weighted by Gasteiger charge is 2.16. The van der Waals surface area contributed by atoms with Crippen molar-refractivity contribution in [3.8, 4) is 33.1 Å². The lowest BCUT2D eigenvalue weighted by atomic mass is 10.1. The Bertz CT molecular complexity index is 1630. The minimum absolute atomic E-state index is 0.657. The van der Waals surface area contributed by atoms with Crippen LogP contribution < -0.4 is 5.32 Å². The number of thiophene rings is 1. The maximum absolute atomic E-state index is 4.97. The van der Waals surface area contributed by atoms with Crippen molar-refractivity contribution in [2.24, 2.45) is 0 Å². The normalized spacial score (nSPS) is 11.6. The van der Waals surface area contributed by atoms with Crippen molar-refractivity contribution in [2.75, 3.05) is 6.54 Å². The highest BCUT2D eigenvalue weighted by molar-refractivity contribution is 7.15. The Kier molecular flexibility index (Phi) is 5.16. The molecule has 0 unspecified atom stereocenters. The van der Waals surface area contributed by atoms with E-state index in [-0.39, 0.29) is 0 Å². The number of fused-ring (bicyclic) bond motifs is 2. The molecule has 0 aliphatic rings. The molecule has 5 aromatic heterocycles. The zero-order valence-corrected chi connectivity index (χ0v) is 19.7.